The van der Waals surface area contributed by atoms with Crippen LogP contribution in [0.2, 0.25) is 0 Å². The number of imidazole rings is 1. The van der Waals surface area contributed by atoms with Gasteiger partial charge in [-0.3, -0.25) is 18.9 Å². The van der Waals surface area contributed by atoms with Gasteiger partial charge in [0.2, 0.25) is 0 Å². The van der Waals surface area contributed by atoms with Gasteiger partial charge in [0.25, 0.3) is 5.78 Å². The van der Waals surface area contributed by atoms with Crippen LogP contribution in [-0.2, 0) is 9.59 Å². The average Bonchev–Trinajstić information content (AvgIpc) is 3.64. The number of anilines is 1. The molecule has 1 aliphatic heterocycles. The summed E-state index contributed by atoms with van der Waals surface area (Å²) in [6.07, 6.45) is 1.75. The van der Waals surface area contributed by atoms with Crippen LogP contribution in [0.5, 0.6) is 17.2 Å². The number of nitrogens with zero attached hydrogens (tertiary/aromatic N) is 4. The zero-order valence-electron chi connectivity index (χ0n) is 23.5. The number of ketones is 1. The Kier molecular flexibility index (Phi) is 7.03. The third-order valence-corrected chi connectivity index (χ3v) is 8.06. The maximum atomic E-state index is 13.8. The van der Waals surface area contributed by atoms with E-state index in [1.165, 1.54) is 16.2 Å². The molecule has 1 N–H and O–H groups in total. The van der Waals surface area contributed by atoms with Crippen molar-refractivity contribution in [1.29, 1.82) is 0 Å². The number of pyridine rings is 1. The van der Waals surface area contributed by atoms with Gasteiger partial charge in [-0.2, -0.15) is 0 Å². The van der Waals surface area contributed by atoms with Crippen LogP contribution in [0.4, 0.5) is 5.13 Å². The first-order valence-corrected chi connectivity index (χ1v) is 14.3. The molecule has 1 amide bonds. The minimum Gasteiger partial charge on any atom is -0.505 e. The summed E-state index contributed by atoms with van der Waals surface area (Å²) in [6.45, 7) is 6.29. The van der Waals surface area contributed by atoms with Gasteiger partial charge in [0.1, 0.15) is 17.1 Å². The van der Waals surface area contributed by atoms with Gasteiger partial charge >= 0.3 is 5.91 Å². The Labute approximate surface area is 245 Å². The number of Topliss-reactive ketones (excluding diaryl/α,β-unsaturated/α-hetero) is 1. The Hall–Kier alpha value is -4.90. The highest BCUT2D eigenvalue weighted by Gasteiger charge is 2.49. The van der Waals surface area contributed by atoms with Gasteiger partial charge in [0, 0.05) is 6.20 Å². The lowest BCUT2D eigenvalue weighted by atomic mass is 9.96. The summed E-state index contributed by atoms with van der Waals surface area (Å²) in [7, 11) is 1.58. The Bertz CT molecular complexity index is 1890. The summed E-state index contributed by atoms with van der Waals surface area (Å²) in [5.41, 5.74) is 2.57. The number of hydrogen-bond donors (Lipinski definition) is 1. The molecule has 4 heterocycles. The van der Waals surface area contributed by atoms with Crippen LogP contribution in [0, 0.1) is 6.92 Å². The van der Waals surface area contributed by atoms with E-state index in [4.69, 9.17) is 19.2 Å². The minimum atomic E-state index is -1.00. The molecule has 11 heteroatoms. The van der Waals surface area contributed by atoms with Gasteiger partial charge in [-0.25, -0.2) is 9.97 Å². The number of hydrogen-bond acceptors (Lipinski definition) is 9. The molecule has 0 spiro atoms. The number of aryl methyl sites for hydroxylation is 1. The summed E-state index contributed by atoms with van der Waals surface area (Å²) >= 11 is 1.25. The van der Waals surface area contributed by atoms with E-state index in [0.29, 0.717) is 63.7 Å². The number of carbonyl (C=O) groups excluding carboxylic acids is 2. The summed E-state index contributed by atoms with van der Waals surface area (Å²) in [4.78, 5) is 38.2. The van der Waals surface area contributed by atoms with Gasteiger partial charge in [0.05, 0.1) is 47.8 Å². The van der Waals surface area contributed by atoms with Crippen molar-refractivity contribution in [3.05, 3.63) is 83.3 Å². The molecule has 0 bridgehead atoms. The fourth-order valence-corrected chi connectivity index (χ4v) is 6.25. The first kappa shape index (κ1) is 27.3. The van der Waals surface area contributed by atoms with Crippen LogP contribution < -0.4 is 19.1 Å². The normalized spacial score (nSPS) is 16.5. The van der Waals surface area contributed by atoms with Crippen molar-refractivity contribution in [3.8, 4) is 17.2 Å². The zero-order valence-corrected chi connectivity index (χ0v) is 24.3. The number of rotatable bonds is 8. The predicted molar refractivity (Wildman–Crippen MR) is 160 cm³/mol. The minimum absolute atomic E-state index is 0.0720. The van der Waals surface area contributed by atoms with Crippen molar-refractivity contribution in [3.63, 3.8) is 0 Å². The van der Waals surface area contributed by atoms with E-state index in [1.54, 1.807) is 67.1 Å². The molecule has 1 saturated heterocycles. The second-order valence-corrected chi connectivity index (χ2v) is 10.6. The molecule has 5 aromatic rings. The SMILES string of the molecule is CCOc1ccc(C2C(=C(O)c3c(C)nc4ccccn34)C(=O)C(=O)N2c2nc3ccc(OC)cc3s2)cc1OCC. The van der Waals surface area contributed by atoms with Gasteiger partial charge in [-0.1, -0.05) is 23.5 Å². The van der Waals surface area contributed by atoms with Crippen LogP contribution in [0.1, 0.15) is 36.8 Å². The summed E-state index contributed by atoms with van der Waals surface area (Å²) < 4.78 is 19.5. The van der Waals surface area contributed by atoms with Crippen LogP contribution in [0.25, 0.3) is 21.6 Å². The first-order chi connectivity index (χ1) is 20.4. The Morgan fingerprint density at radius 3 is 2.55 bits per heavy atom. The smallest absolute Gasteiger partial charge is 0.301 e. The summed E-state index contributed by atoms with van der Waals surface area (Å²) in [5.74, 6) is -0.316. The first-order valence-electron chi connectivity index (χ1n) is 13.4. The third-order valence-electron chi connectivity index (χ3n) is 7.05. The van der Waals surface area contributed by atoms with Crippen molar-refractivity contribution in [2.75, 3.05) is 25.2 Å². The lowest BCUT2D eigenvalue weighted by Crippen LogP contribution is -2.29. The van der Waals surface area contributed by atoms with E-state index in [1.807, 2.05) is 26.0 Å². The Morgan fingerprint density at radius 1 is 1.00 bits per heavy atom. The maximum Gasteiger partial charge on any atom is 0.301 e. The van der Waals surface area contributed by atoms with Crippen molar-refractivity contribution < 1.29 is 28.9 Å². The van der Waals surface area contributed by atoms with E-state index >= 15 is 0 Å². The zero-order chi connectivity index (χ0) is 29.5. The number of carbonyl (C=O) groups is 2. The van der Waals surface area contributed by atoms with Crippen molar-refractivity contribution in [2.24, 2.45) is 0 Å². The molecule has 2 aromatic carbocycles. The number of methoxy groups -OCH3 is 1. The number of aromatic nitrogens is 3. The molecule has 1 aliphatic rings. The molecule has 1 unspecified atom stereocenters. The highest BCUT2D eigenvalue weighted by Crippen LogP contribution is 2.46. The van der Waals surface area contributed by atoms with E-state index in [9.17, 15) is 14.7 Å². The van der Waals surface area contributed by atoms with E-state index in [-0.39, 0.29) is 11.3 Å². The second kappa shape index (κ2) is 10.8. The van der Waals surface area contributed by atoms with E-state index in [0.717, 1.165) is 4.70 Å². The van der Waals surface area contributed by atoms with Gasteiger partial charge in [-0.15, -0.1) is 0 Å². The number of ether oxygens (including phenoxy) is 3. The van der Waals surface area contributed by atoms with Crippen LogP contribution in [0.3, 0.4) is 0 Å². The topological polar surface area (TPSA) is 115 Å². The van der Waals surface area contributed by atoms with Crippen LogP contribution in [0.15, 0.2) is 66.4 Å². The molecule has 0 aliphatic carbocycles. The highest BCUT2D eigenvalue weighted by molar-refractivity contribution is 7.22. The number of aliphatic hydroxyl groups is 1. The number of fused-ring (bicyclic) bond motifs is 2. The van der Waals surface area contributed by atoms with Crippen molar-refractivity contribution in [1.82, 2.24) is 14.4 Å². The van der Waals surface area contributed by atoms with Crippen molar-refractivity contribution in [2.45, 2.75) is 26.8 Å². The lowest BCUT2D eigenvalue weighted by molar-refractivity contribution is -0.132. The number of amides is 1. The molecule has 10 nitrogen and oxygen atoms in total. The lowest BCUT2D eigenvalue weighted by Gasteiger charge is -2.24. The molecular formula is C31H28N4O6S. The van der Waals surface area contributed by atoms with Crippen molar-refractivity contribution >= 4 is 49.8 Å². The molecule has 0 saturated carbocycles. The molecule has 6 rings (SSSR count). The monoisotopic (exact) mass is 584 g/mol. The molecule has 1 atom stereocenters. The number of aliphatic hydroxyl groups excluding tert-OH is 1. The largest absolute Gasteiger partial charge is 0.505 e. The average molecular weight is 585 g/mol. The summed E-state index contributed by atoms with van der Waals surface area (Å²) in [5, 5.41) is 12.1. The molecule has 1 fully saturated rings. The third kappa shape index (κ3) is 4.42. The quantitative estimate of drug-likeness (QED) is 0.141. The molecular weight excluding hydrogens is 556 g/mol. The second-order valence-electron chi connectivity index (χ2n) is 9.55. The van der Waals surface area contributed by atoms with Gasteiger partial charge in [-0.05, 0) is 68.8 Å². The van der Waals surface area contributed by atoms with E-state index < -0.39 is 17.7 Å². The fraction of sp³-hybridized carbons (Fsp3) is 0.226. The molecule has 3 aromatic heterocycles. The van der Waals surface area contributed by atoms with Gasteiger partial charge < -0.3 is 19.3 Å². The van der Waals surface area contributed by atoms with Gasteiger partial charge in [0.15, 0.2) is 22.4 Å². The number of benzene rings is 2. The maximum absolute atomic E-state index is 13.8. The number of thiazole rings is 1. The highest BCUT2D eigenvalue weighted by atomic mass is 32.1. The molecule has 0 radical (unpaired) electrons. The predicted octanol–water partition coefficient (Wildman–Crippen LogP) is 5.68. The summed E-state index contributed by atoms with van der Waals surface area (Å²) in [6, 6.07) is 15.1. The Morgan fingerprint density at radius 2 is 1.79 bits per heavy atom. The standard InChI is InChI=1S/C31H28N4O6S/c1-5-40-21-13-10-18(15-22(21)41-6-2)27-25(28(36)26-17(3)32-24-9-7-8-14-34(24)26)29(37)30(38)35(27)31-33-20-12-11-19(39-4)16-23(20)42-31/h7-16,27,36H,5-6H2,1-4H3. The molecule has 214 valence electrons. The Balaban J connectivity index is 1.60. The van der Waals surface area contributed by atoms with Crippen LogP contribution >= 0.6 is 11.3 Å². The molecule has 42 heavy (non-hydrogen) atoms. The van der Waals surface area contributed by atoms with Crippen LogP contribution in [-0.4, -0.2) is 51.5 Å². The van der Waals surface area contributed by atoms with E-state index in [2.05, 4.69) is 4.98 Å². The fourth-order valence-electron chi connectivity index (χ4n) is 5.23.